The summed E-state index contributed by atoms with van der Waals surface area (Å²) in [6, 6.07) is 16.4. The van der Waals surface area contributed by atoms with E-state index in [1.54, 1.807) is 54.4 Å². The molecule has 1 amide bonds. The van der Waals surface area contributed by atoms with Gasteiger partial charge in [-0.3, -0.25) is 9.10 Å². The van der Waals surface area contributed by atoms with E-state index in [2.05, 4.69) is 5.32 Å². The maximum Gasteiger partial charge on any atom is 0.264 e. The Kier molecular flexibility index (Phi) is 7.64. The van der Waals surface area contributed by atoms with E-state index in [0.717, 1.165) is 17.3 Å². The Labute approximate surface area is 186 Å². The van der Waals surface area contributed by atoms with Crippen molar-refractivity contribution in [1.29, 1.82) is 0 Å². The number of hydrogen-bond acceptors (Lipinski definition) is 6. The van der Waals surface area contributed by atoms with Crippen LogP contribution in [0.15, 0.2) is 76.2 Å². The Morgan fingerprint density at radius 1 is 1.10 bits per heavy atom. The van der Waals surface area contributed by atoms with Crippen molar-refractivity contribution in [3.8, 4) is 5.75 Å². The molecule has 31 heavy (non-hydrogen) atoms. The number of nitrogens with one attached hydrogen (secondary N) is 1. The minimum atomic E-state index is -3.72. The maximum absolute atomic E-state index is 12.8. The highest BCUT2D eigenvalue weighted by molar-refractivity contribution is 7.98. The molecule has 0 radical (unpaired) electrons. The molecule has 0 atom stereocenters. The number of nitrogens with zero attached hydrogens (tertiary/aromatic N) is 1. The fraction of sp³-hybridized carbons (Fsp3) is 0.227. The van der Waals surface area contributed by atoms with E-state index in [9.17, 15) is 13.2 Å². The average molecular weight is 461 g/mol. The molecule has 0 unspecified atom stereocenters. The topological polar surface area (TPSA) is 88.9 Å². The third-order valence-electron chi connectivity index (χ3n) is 4.57. The van der Waals surface area contributed by atoms with Gasteiger partial charge in [-0.1, -0.05) is 0 Å². The van der Waals surface area contributed by atoms with Crippen molar-refractivity contribution < 1.29 is 22.4 Å². The summed E-state index contributed by atoms with van der Waals surface area (Å²) in [6.45, 7) is 0.526. The smallest absolute Gasteiger partial charge is 0.264 e. The minimum absolute atomic E-state index is 0.157. The number of rotatable bonds is 10. The summed E-state index contributed by atoms with van der Waals surface area (Å²) >= 11 is 1.67. The van der Waals surface area contributed by atoms with E-state index >= 15 is 0 Å². The van der Waals surface area contributed by atoms with E-state index in [4.69, 9.17) is 9.15 Å². The molecule has 7 nitrogen and oxygen atoms in total. The van der Waals surface area contributed by atoms with Crippen LogP contribution in [0.3, 0.4) is 0 Å². The van der Waals surface area contributed by atoms with E-state index < -0.39 is 10.0 Å². The third kappa shape index (κ3) is 5.83. The molecule has 164 valence electrons. The van der Waals surface area contributed by atoms with Crippen LogP contribution in [0.25, 0.3) is 0 Å². The number of thioether (sulfide) groups is 1. The average Bonchev–Trinajstić information content (AvgIpc) is 3.32. The molecule has 1 heterocycles. The predicted octanol–water partition coefficient (Wildman–Crippen LogP) is 3.78. The van der Waals surface area contributed by atoms with Crippen molar-refractivity contribution in [2.45, 2.75) is 10.6 Å². The van der Waals surface area contributed by atoms with Gasteiger partial charge in [-0.15, -0.1) is 0 Å². The van der Waals surface area contributed by atoms with Crippen molar-refractivity contribution in [3.05, 3.63) is 78.3 Å². The van der Waals surface area contributed by atoms with Gasteiger partial charge in [0.1, 0.15) is 11.5 Å². The molecule has 0 spiro atoms. The molecule has 0 aliphatic carbocycles. The molecule has 0 saturated carbocycles. The number of carbonyl (C=O) groups is 1. The number of sulfonamides is 1. The van der Waals surface area contributed by atoms with Gasteiger partial charge in [0.2, 0.25) is 0 Å². The van der Waals surface area contributed by atoms with Crippen LogP contribution >= 0.6 is 11.8 Å². The summed E-state index contributed by atoms with van der Waals surface area (Å²) < 4.78 is 37.2. The fourth-order valence-corrected chi connectivity index (χ4v) is 4.73. The summed E-state index contributed by atoms with van der Waals surface area (Å²) in [5.41, 5.74) is 0.927. The Morgan fingerprint density at radius 3 is 2.42 bits per heavy atom. The number of furan rings is 1. The maximum atomic E-state index is 12.8. The predicted molar refractivity (Wildman–Crippen MR) is 122 cm³/mol. The van der Waals surface area contributed by atoms with E-state index in [0.29, 0.717) is 23.5 Å². The van der Waals surface area contributed by atoms with Gasteiger partial charge in [0.25, 0.3) is 15.9 Å². The van der Waals surface area contributed by atoms with Crippen LogP contribution in [0.1, 0.15) is 16.1 Å². The summed E-state index contributed by atoms with van der Waals surface area (Å²) in [6.07, 6.45) is 1.64. The molecule has 0 bridgehead atoms. The van der Waals surface area contributed by atoms with Gasteiger partial charge in [0.05, 0.1) is 29.7 Å². The number of amides is 1. The molecule has 0 fully saturated rings. The second kappa shape index (κ2) is 10.4. The normalized spacial score (nSPS) is 11.2. The Morgan fingerprint density at radius 2 is 1.81 bits per heavy atom. The van der Waals surface area contributed by atoms with Crippen LogP contribution in [0.4, 0.5) is 5.69 Å². The number of carbonyl (C=O) groups excluding carboxylic acids is 1. The lowest BCUT2D eigenvalue weighted by Crippen LogP contribution is -2.27. The van der Waals surface area contributed by atoms with Crippen molar-refractivity contribution in [3.63, 3.8) is 0 Å². The van der Waals surface area contributed by atoms with Crippen LogP contribution in [0.5, 0.6) is 5.75 Å². The zero-order chi connectivity index (χ0) is 22.3. The molecule has 9 heteroatoms. The van der Waals surface area contributed by atoms with Gasteiger partial charge in [-0.25, -0.2) is 8.42 Å². The first kappa shape index (κ1) is 22.8. The highest BCUT2D eigenvalue weighted by atomic mass is 32.2. The molecule has 1 N–H and O–H groups in total. The molecular formula is C22H24N2O5S2. The molecule has 0 aliphatic heterocycles. The molecule has 3 aromatic rings. The van der Waals surface area contributed by atoms with Crippen LogP contribution in [-0.2, 0) is 15.8 Å². The monoisotopic (exact) mass is 460 g/mol. The standard InChI is InChI=1S/C22H24N2O5S2/c1-24(31(26,27)21-11-9-19(28-2)10-12-21)18-7-5-17(6-8-18)22(25)23-13-15-30-16-20-4-3-14-29-20/h3-12,14H,13,15-16H2,1-2H3,(H,23,25). The SMILES string of the molecule is COc1ccc(S(=O)(=O)N(C)c2ccc(C(=O)NCCSCc3ccco3)cc2)cc1. The first-order valence-electron chi connectivity index (χ1n) is 9.53. The molecule has 0 saturated heterocycles. The van der Waals surface area contributed by atoms with Gasteiger partial charge in [0, 0.05) is 24.9 Å². The van der Waals surface area contributed by atoms with Crippen molar-refractivity contribution >= 4 is 33.4 Å². The van der Waals surface area contributed by atoms with Gasteiger partial charge in [-0.05, 0) is 60.7 Å². The largest absolute Gasteiger partial charge is 0.497 e. The Hall–Kier alpha value is -2.91. The van der Waals surface area contributed by atoms with E-state index in [-0.39, 0.29) is 10.8 Å². The molecular weight excluding hydrogens is 436 g/mol. The first-order valence-corrected chi connectivity index (χ1v) is 12.1. The number of hydrogen-bond donors (Lipinski definition) is 1. The second-order valence-electron chi connectivity index (χ2n) is 6.58. The summed E-state index contributed by atoms with van der Waals surface area (Å²) in [5, 5.41) is 2.86. The van der Waals surface area contributed by atoms with Crippen LogP contribution < -0.4 is 14.4 Å². The number of ether oxygens (including phenoxy) is 1. The number of anilines is 1. The fourth-order valence-electron chi connectivity index (χ4n) is 2.77. The first-order chi connectivity index (χ1) is 14.9. The van der Waals surface area contributed by atoms with Gasteiger partial charge in [-0.2, -0.15) is 11.8 Å². The van der Waals surface area contributed by atoms with E-state index in [1.807, 2.05) is 12.1 Å². The highest BCUT2D eigenvalue weighted by Gasteiger charge is 2.21. The third-order valence-corrected chi connectivity index (χ3v) is 7.35. The molecule has 3 rings (SSSR count). The zero-order valence-corrected chi connectivity index (χ0v) is 18.9. The van der Waals surface area contributed by atoms with Gasteiger partial charge >= 0.3 is 0 Å². The van der Waals surface area contributed by atoms with E-state index in [1.165, 1.54) is 30.6 Å². The van der Waals surface area contributed by atoms with Crippen LogP contribution in [0, 0.1) is 0 Å². The van der Waals surface area contributed by atoms with Crippen molar-refractivity contribution in [2.75, 3.05) is 30.8 Å². The lowest BCUT2D eigenvalue weighted by molar-refractivity contribution is 0.0956. The van der Waals surface area contributed by atoms with Gasteiger partial charge < -0.3 is 14.5 Å². The van der Waals surface area contributed by atoms with Crippen LogP contribution in [-0.4, -0.2) is 40.8 Å². The quantitative estimate of drug-likeness (QED) is 0.463. The molecule has 2 aromatic carbocycles. The zero-order valence-electron chi connectivity index (χ0n) is 17.3. The summed E-state index contributed by atoms with van der Waals surface area (Å²) in [5.74, 6) is 2.79. The lowest BCUT2D eigenvalue weighted by atomic mass is 10.2. The van der Waals surface area contributed by atoms with Gasteiger partial charge in [0.15, 0.2) is 0 Å². The number of methoxy groups -OCH3 is 1. The molecule has 1 aromatic heterocycles. The highest BCUT2D eigenvalue weighted by Crippen LogP contribution is 2.24. The Bertz CT molecular complexity index is 1080. The minimum Gasteiger partial charge on any atom is -0.497 e. The van der Waals surface area contributed by atoms with Crippen molar-refractivity contribution in [2.24, 2.45) is 0 Å². The Balaban J connectivity index is 1.54. The lowest BCUT2D eigenvalue weighted by Gasteiger charge is -2.20. The summed E-state index contributed by atoms with van der Waals surface area (Å²) in [7, 11) is -0.724. The summed E-state index contributed by atoms with van der Waals surface area (Å²) in [4.78, 5) is 12.5. The van der Waals surface area contributed by atoms with Crippen LogP contribution in [0.2, 0.25) is 0 Å². The molecule has 0 aliphatic rings. The second-order valence-corrected chi connectivity index (χ2v) is 9.66. The van der Waals surface area contributed by atoms with Crippen molar-refractivity contribution in [1.82, 2.24) is 5.32 Å². The number of benzene rings is 2.